The third-order valence-corrected chi connectivity index (χ3v) is 4.03. The fourth-order valence-electron chi connectivity index (χ4n) is 2.78. The van der Waals surface area contributed by atoms with E-state index in [1.54, 1.807) is 13.2 Å². The zero-order chi connectivity index (χ0) is 17.6. The predicted octanol–water partition coefficient (Wildman–Crippen LogP) is 2.59. The molecule has 132 valence electrons. The number of hydrogen-bond donors (Lipinski definition) is 1. The van der Waals surface area contributed by atoms with E-state index in [-0.39, 0.29) is 12.6 Å². The van der Waals surface area contributed by atoms with Gasteiger partial charge in [0.1, 0.15) is 17.7 Å². The van der Waals surface area contributed by atoms with Gasteiger partial charge >= 0.3 is 0 Å². The first-order valence-electron chi connectivity index (χ1n) is 8.13. The van der Waals surface area contributed by atoms with Gasteiger partial charge in [0.15, 0.2) is 5.96 Å². The number of nitrogens with zero attached hydrogens (tertiary/aromatic N) is 3. The molecule has 1 N–H and O–H groups in total. The maximum atomic E-state index is 13.7. The minimum atomic E-state index is -0.584. The molecule has 0 spiro atoms. The standard InChI is InChI=1S/C18H20F2N4O/c1-21-18(23-11-13-5-6-14(19)10-16(13)20)24-9-7-15(12-24)25-17-4-2-3-8-22-17/h2-6,8,10,15H,7,9,11-12H2,1H3,(H,21,23). The van der Waals surface area contributed by atoms with Crippen molar-refractivity contribution in [3.63, 3.8) is 0 Å². The van der Waals surface area contributed by atoms with E-state index in [1.807, 2.05) is 18.2 Å². The predicted molar refractivity (Wildman–Crippen MR) is 91.4 cm³/mol. The van der Waals surface area contributed by atoms with E-state index in [2.05, 4.69) is 20.2 Å². The molecule has 25 heavy (non-hydrogen) atoms. The molecular formula is C18H20F2N4O. The van der Waals surface area contributed by atoms with Crippen molar-refractivity contribution in [2.24, 2.45) is 4.99 Å². The molecule has 0 radical (unpaired) electrons. The summed E-state index contributed by atoms with van der Waals surface area (Å²) in [5, 5.41) is 3.11. The van der Waals surface area contributed by atoms with Gasteiger partial charge in [-0.2, -0.15) is 0 Å². The largest absolute Gasteiger partial charge is 0.472 e. The number of ether oxygens (including phenoxy) is 1. The Morgan fingerprint density at radius 2 is 2.24 bits per heavy atom. The lowest BCUT2D eigenvalue weighted by atomic mass is 10.2. The van der Waals surface area contributed by atoms with E-state index >= 15 is 0 Å². The molecule has 5 nitrogen and oxygen atoms in total. The average Bonchev–Trinajstić information content (AvgIpc) is 3.06. The molecule has 1 unspecified atom stereocenters. The van der Waals surface area contributed by atoms with Gasteiger partial charge in [0, 0.05) is 50.5 Å². The van der Waals surface area contributed by atoms with Crippen molar-refractivity contribution in [2.75, 3.05) is 20.1 Å². The van der Waals surface area contributed by atoms with Crippen molar-refractivity contribution >= 4 is 5.96 Å². The van der Waals surface area contributed by atoms with E-state index in [9.17, 15) is 8.78 Å². The highest BCUT2D eigenvalue weighted by Gasteiger charge is 2.26. The average molecular weight is 346 g/mol. The molecule has 1 fully saturated rings. The smallest absolute Gasteiger partial charge is 0.213 e. The second kappa shape index (κ2) is 7.92. The molecule has 3 rings (SSSR count). The number of benzene rings is 1. The fourth-order valence-corrected chi connectivity index (χ4v) is 2.78. The van der Waals surface area contributed by atoms with Gasteiger partial charge in [0.2, 0.25) is 5.88 Å². The Bertz CT molecular complexity index is 739. The number of hydrogen-bond acceptors (Lipinski definition) is 3. The fraction of sp³-hybridized carbons (Fsp3) is 0.333. The number of aliphatic imine (C=N–C) groups is 1. The van der Waals surface area contributed by atoms with Crippen LogP contribution in [0.25, 0.3) is 0 Å². The summed E-state index contributed by atoms with van der Waals surface area (Å²) in [5.41, 5.74) is 0.392. The van der Waals surface area contributed by atoms with E-state index in [4.69, 9.17) is 4.74 Å². The lowest BCUT2D eigenvalue weighted by Crippen LogP contribution is -2.40. The van der Waals surface area contributed by atoms with Gasteiger partial charge in [-0.15, -0.1) is 0 Å². The third kappa shape index (κ3) is 4.43. The molecule has 2 aromatic rings. The lowest BCUT2D eigenvalue weighted by molar-refractivity contribution is 0.205. The molecule has 1 saturated heterocycles. The molecule has 1 aromatic heterocycles. The molecule has 1 aliphatic rings. The maximum Gasteiger partial charge on any atom is 0.213 e. The second-order valence-electron chi connectivity index (χ2n) is 5.78. The molecule has 0 bridgehead atoms. The highest BCUT2D eigenvalue weighted by molar-refractivity contribution is 5.80. The van der Waals surface area contributed by atoms with E-state index in [0.29, 0.717) is 23.9 Å². The van der Waals surface area contributed by atoms with Crippen LogP contribution in [-0.4, -0.2) is 42.1 Å². The first-order chi connectivity index (χ1) is 12.2. The van der Waals surface area contributed by atoms with Crippen molar-refractivity contribution in [2.45, 2.75) is 19.1 Å². The van der Waals surface area contributed by atoms with E-state index < -0.39 is 11.6 Å². The number of pyridine rings is 1. The van der Waals surface area contributed by atoms with Crippen LogP contribution in [0.15, 0.2) is 47.6 Å². The van der Waals surface area contributed by atoms with Crippen molar-refractivity contribution in [3.05, 3.63) is 59.8 Å². The highest BCUT2D eigenvalue weighted by atomic mass is 19.1. The maximum absolute atomic E-state index is 13.7. The number of likely N-dealkylation sites (tertiary alicyclic amines) is 1. The number of halogens is 2. The van der Waals surface area contributed by atoms with Gasteiger partial charge in [-0.05, 0) is 12.1 Å². The van der Waals surface area contributed by atoms with Crippen LogP contribution >= 0.6 is 0 Å². The van der Waals surface area contributed by atoms with Crippen molar-refractivity contribution < 1.29 is 13.5 Å². The van der Waals surface area contributed by atoms with Crippen LogP contribution in [0.1, 0.15) is 12.0 Å². The van der Waals surface area contributed by atoms with Crippen molar-refractivity contribution in [1.82, 2.24) is 15.2 Å². The van der Waals surface area contributed by atoms with Crippen molar-refractivity contribution in [1.29, 1.82) is 0 Å². The molecule has 1 aliphatic heterocycles. The Balaban J connectivity index is 1.55. The molecule has 7 heteroatoms. The molecule has 1 aromatic carbocycles. The molecular weight excluding hydrogens is 326 g/mol. The SMILES string of the molecule is CN=C(NCc1ccc(F)cc1F)N1CCC(Oc2ccccn2)C1. The van der Waals surface area contributed by atoms with Gasteiger partial charge in [-0.1, -0.05) is 12.1 Å². The molecule has 0 amide bonds. The Labute approximate surface area is 145 Å². The molecule has 0 saturated carbocycles. The number of rotatable bonds is 4. The topological polar surface area (TPSA) is 49.8 Å². The Kier molecular flexibility index (Phi) is 5.42. The van der Waals surface area contributed by atoms with Crippen molar-refractivity contribution in [3.8, 4) is 5.88 Å². The normalized spacial score (nSPS) is 17.6. The van der Waals surface area contributed by atoms with Crippen LogP contribution < -0.4 is 10.1 Å². The van der Waals surface area contributed by atoms with Crippen LogP contribution in [0.3, 0.4) is 0 Å². The zero-order valence-electron chi connectivity index (χ0n) is 14.0. The second-order valence-corrected chi connectivity index (χ2v) is 5.78. The lowest BCUT2D eigenvalue weighted by Gasteiger charge is -2.21. The zero-order valence-corrected chi connectivity index (χ0v) is 14.0. The summed E-state index contributed by atoms with van der Waals surface area (Å²) < 4.78 is 32.6. The van der Waals surface area contributed by atoms with E-state index in [1.165, 1.54) is 12.1 Å². The summed E-state index contributed by atoms with van der Waals surface area (Å²) in [5.74, 6) is 0.113. The number of nitrogens with one attached hydrogen (secondary N) is 1. The van der Waals surface area contributed by atoms with Gasteiger partial charge in [0.05, 0.1) is 6.54 Å². The van der Waals surface area contributed by atoms with Gasteiger partial charge < -0.3 is 15.0 Å². The summed E-state index contributed by atoms with van der Waals surface area (Å²) >= 11 is 0. The van der Waals surface area contributed by atoms with E-state index in [0.717, 1.165) is 19.0 Å². The summed E-state index contributed by atoms with van der Waals surface area (Å²) in [6.07, 6.45) is 2.57. The van der Waals surface area contributed by atoms with Crippen LogP contribution in [0.4, 0.5) is 8.78 Å². The first kappa shape index (κ1) is 17.1. The quantitative estimate of drug-likeness (QED) is 0.683. The minimum absolute atomic E-state index is 0.0241. The Morgan fingerprint density at radius 1 is 1.36 bits per heavy atom. The third-order valence-electron chi connectivity index (χ3n) is 4.03. The van der Waals surface area contributed by atoms with Crippen LogP contribution in [-0.2, 0) is 6.54 Å². The van der Waals surface area contributed by atoms with Crippen LogP contribution in [0.5, 0.6) is 5.88 Å². The molecule has 0 aliphatic carbocycles. The Morgan fingerprint density at radius 3 is 2.96 bits per heavy atom. The molecule has 1 atom stereocenters. The van der Waals surface area contributed by atoms with Crippen LogP contribution in [0, 0.1) is 11.6 Å². The Hall–Kier alpha value is -2.70. The van der Waals surface area contributed by atoms with Gasteiger partial charge in [0.25, 0.3) is 0 Å². The monoisotopic (exact) mass is 346 g/mol. The van der Waals surface area contributed by atoms with Crippen LogP contribution in [0.2, 0.25) is 0 Å². The summed E-state index contributed by atoms with van der Waals surface area (Å²) in [6.45, 7) is 1.69. The minimum Gasteiger partial charge on any atom is -0.472 e. The molecule has 2 heterocycles. The van der Waals surface area contributed by atoms with Gasteiger partial charge in [-0.25, -0.2) is 13.8 Å². The summed E-state index contributed by atoms with van der Waals surface area (Å²) in [7, 11) is 1.68. The first-order valence-corrected chi connectivity index (χ1v) is 8.13. The highest BCUT2D eigenvalue weighted by Crippen LogP contribution is 2.16. The number of guanidine groups is 1. The van der Waals surface area contributed by atoms with Gasteiger partial charge in [-0.3, -0.25) is 4.99 Å². The summed E-state index contributed by atoms with van der Waals surface area (Å²) in [4.78, 5) is 10.5. The summed E-state index contributed by atoms with van der Waals surface area (Å²) in [6, 6.07) is 9.11. The number of aromatic nitrogens is 1.